The maximum absolute atomic E-state index is 13.0. The Labute approximate surface area is 175 Å². The molecule has 0 spiro atoms. The number of nitrogens with zero attached hydrogens (tertiary/aromatic N) is 4. The second kappa shape index (κ2) is 9.54. The molecule has 1 aliphatic heterocycles. The lowest BCUT2D eigenvalue weighted by Gasteiger charge is -2.34. The second-order valence-electron chi connectivity index (χ2n) is 7.18. The van der Waals surface area contributed by atoms with Crippen LogP contribution in [0.15, 0.2) is 60.8 Å². The van der Waals surface area contributed by atoms with Crippen molar-refractivity contribution >= 4 is 5.95 Å². The molecular formula is C23H25FN4O2. The Kier molecular flexibility index (Phi) is 6.39. The molecule has 1 aromatic heterocycles. The molecule has 4 rings (SSSR count). The molecule has 0 saturated carbocycles. The van der Waals surface area contributed by atoms with E-state index in [1.54, 1.807) is 31.5 Å². The first kappa shape index (κ1) is 20.1. The Morgan fingerprint density at radius 1 is 0.900 bits per heavy atom. The number of rotatable bonds is 7. The summed E-state index contributed by atoms with van der Waals surface area (Å²) in [6, 6.07) is 15.9. The Morgan fingerprint density at radius 3 is 2.30 bits per heavy atom. The fraction of sp³-hybridized carbons (Fsp3) is 0.304. The van der Waals surface area contributed by atoms with Crippen molar-refractivity contribution in [2.75, 3.05) is 44.7 Å². The minimum Gasteiger partial charge on any atom is -0.497 e. The van der Waals surface area contributed by atoms with E-state index in [2.05, 4.69) is 31.9 Å². The monoisotopic (exact) mass is 408 g/mol. The van der Waals surface area contributed by atoms with Crippen LogP contribution in [0, 0.1) is 5.82 Å². The molecule has 1 saturated heterocycles. The van der Waals surface area contributed by atoms with E-state index >= 15 is 0 Å². The van der Waals surface area contributed by atoms with Crippen LogP contribution in [0.2, 0.25) is 0 Å². The van der Waals surface area contributed by atoms with Crippen LogP contribution in [0.1, 0.15) is 5.56 Å². The number of aromatic nitrogens is 2. The molecule has 0 amide bonds. The zero-order chi connectivity index (χ0) is 20.8. The van der Waals surface area contributed by atoms with Gasteiger partial charge in [-0.05, 0) is 48.4 Å². The number of anilines is 1. The summed E-state index contributed by atoms with van der Waals surface area (Å²) >= 11 is 0. The van der Waals surface area contributed by atoms with E-state index in [4.69, 9.17) is 9.47 Å². The molecule has 156 valence electrons. The second-order valence-corrected chi connectivity index (χ2v) is 7.18. The zero-order valence-corrected chi connectivity index (χ0v) is 17.0. The van der Waals surface area contributed by atoms with E-state index in [9.17, 15) is 4.39 Å². The summed E-state index contributed by atoms with van der Waals surface area (Å²) in [5.41, 5.74) is 1.31. The van der Waals surface area contributed by atoms with Gasteiger partial charge in [0.2, 0.25) is 11.8 Å². The predicted octanol–water partition coefficient (Wildman–Crippen LogP) is 3.78. The highest BCUT2D eigenvalue weighted by atomic mass is 19.1. The van der Waals surface area contributed by atoms with Crippen molar-refractivity contribution in [1.29, 1.82) is 0 Å². The smallest absolute Gasteiger partial charge is 0.228 e. The standard InChI is InChI=1S/C23H25FN4O2/c1-29-20-6-2-18(3-7-20)11-13-27-14-16-28(17-15-27)23-25-12-10-22(26-23)30-21-8-4-19(24)5-9-21/h2-10,12H,11,13-17H2,1H3. The first-order valence-electron chi connectivity index (χ1n) is 10.1. The largest absolute Gasteiger partial charge is 0.497 e. The van der Waals surface area contributed by atoms with Crippen molar-refractivity contribution in [2.24, 2.45) is 0 Å². The first-order valence-corrected chi connectivity index (χ1v) is 10.1. The highest BCUT2D eigenvalue weighted by molar-refractivity contribution is 5.35. The third-order valence-electron chi connectivity index (χ3n) is 5.18. The molecular weight excluding hydrogens is 383 g/mol. The number of benzene rings is 2. The van der Waals surface area contributed by atoms with Crippen LogP contribution in [0.3, 0.4) is 0 Å². The number of hydrogen-bond donors (Lipinski definition) is 0. The van der Waals surface area contributed by atoms with Crippen LogP contribution in [0.5, 0.6) is 17.4 Å². The van der Waals surface area contributed by atoms with Crippen molar-refractivity contribution in [2.45, 2.75) is 6.42 Å². The van der Waals surface area contributed by atoms with Gasteiger partial charge in [0.05, 0.1) is 7.11 Å². The minimum atomic E-state index is -0.296. The van der Waals surface area contributed by atoms with E-state index in [1.165, 1.54) is 17.7 Å². The molecule has 2 heterocycles. The molecule has 0 atom stereocenters. The Morgan fingerprint density at radius 2 is 1.60 bits per heavy atom. The maximum atomic E-state index is 13.0. The van der Waals surface area contributed by atoms with E-state index in [-0.39, 0.29) is 5.82 Å². The van der Waals surface area contributed by atoms with Crippen LogP contribution >= 0.6 is 0 Å². The van der Waals surface area contributed by atoms with Crippen molar-refractivity contribution < 1.29 is 13.9 Å². The van der Waals surface area contributed by atoms with Gasteiger partial charge in [0, 0.05) is 45.0 Å². The molecule has 1 fully saturated rings. The summed E-state index contributed by atoms with van der Waals surface area (Å²) in [6.07, 6.45) is 2.71. The van der Waals surface area contributed by atoms with Crippen LogP contribution in [-0.2, 0) is 6.42 Å². The summed E-state index contributed by atoms with van der Waals surface area (Å²) in [5.74, 6) is 2.25. The SMILES string of the molecule is COc1ccc(CCN2CCN(c3nccc(Oc4ccc(F)cc4)n3)CC2)cc1. The highest BCUT2D eigenvalue weighted by Gasteiger charge is 2.19. The number of piperazine rings is 1. The summed E-state index contributed by atoms with van der Waals surface area (Å²) in [7, 11) is 1.68. The number of hydrogen-bond acceptors (Lipinski definition) is 6. The van der Waals surface area contributed by atoms with E-state index in [0.29, 0.717) is 17.6 Å². The van der Waals surface area contributed by atoms with Crippen LogP contribution in [-0.4, -0.2) is 54.7 Å². The number of methoxy groups -OCH3 is 1. The molecule has 0 aliphatic carbocycles. The molecule has 1 aliphatic rings. The van der Waals surface area contributed by atoms with Gasteiger partial charge in [-0.2, -0.15) is 4.98 Å². The average molecular weight is 408 g/mol. The van der Waals surface area contributed by atoms with E-state index < -0.39 is 0 Å². The third kappa shape index (κ3) is 5.24. The summed E-state index contributed by atoms with van der Waals surface area (Å²) < 4.78 is 24.0. The zero-order valence-electron chi connectivity index (χ0n) is 17.0. The summed E-state index contributed by atoms with van der Waals surface area (Å²) in [5, 5.41) is 0. The van der Waals surface area contributed by atoms with Gasteiger partial charge < -0.3 is 14.4 Å². The van der Waals surface area contributed by atoms with Gasteiger partial charge in [-0.3, -0.25) is 4.90 Å². The predicted molar refractivity (Wildman–Crippen MR) is 114 cm³/mol. The first-order chi connectivity index (χ1) is 14.7. The molecule has 0 unspecified atom stereocenters. The van der Waals surface area contributed by atoms with Gasteiger partial charge in [0.1, 0.15) is 17.3 Å². The van der Waals surface area contributed by atoms with Gasteiger partial charge in [-0.1, -0.05) is 12.1 Å². The molecule has 6 nitrogen and oxygen atoms in total. The topological polar surface area (TPSA) is 50.7 Å². The fourth-order valence-electron chi connectivity index (χ4n) is 3.42. The van der Waals surface area contributed by atoms with Crippen LogP contribution in [0.25, 0.3) is 0 Å². The lowest BCUT2D eigenvalue weighted by molar-refractivity contribution is 0.259. The van der Waals surface area contributed by atoms with Gasteiger partial charge in [0.15, 0.2) is 0 Å². The summed E-state index contributed by atoms with van der Waals surface area (Å²) in [6.45, 7) is 4.67. The third-order valence-corrected chi connectivity index (χ3v) is 5.18. The normalized spacial score (nSPS) is 14.5. The van der Waals surface area contributed by atoms with Crippen LogP contribution in [0.4, 0.5) is 10.3 Å². The lowest BCUT2D eigenvalue weighted by atomic mass is 10.1. The van der Waals surface area contributed by atoms with Crippen molar-refractivity contribution in [3.8, 4) is 17.4 Å². The average Bonchev–Trinajstić information content (AvgIpc) is 2.80. The Balaban J connectivity index is 1.28. The molecule has 0 N–H and O–H groups in total. The number of halogens is 1. The van der Waals surface area contributed by atoms with E-state index in [0.717, 1.165) is 44.9 Å². The van der Waals surface area contributed by atoms with Gasteiger partial charge >= 0.3 is 0 Å². The van der Waals surface area contributed by atoms with Crippen molar-refractivity contribution in [3.63, 3.8) is 0 Å². The fourth-order valence-corrected chi connectivity index (χ4v) is 3.42. The van der Waals surface area contributed by atoms with Crippen molar-refractivity contribution in [3.05, 3.63) is 72.2 Å². The summed E-state index contributed by atoms with van der Waals surface area (Å²) in [4.78, 5) is 13.5. The van der Waals surface area contributed by atoms with Gasteiger partial charge in [-0.15, -0.1) is 0 Å². The lowest BCUT2D eigenvalue weighted by Crippen LogP contribution is -2.47. The molecule has 30 heavy (non-hydrogen) atoms. The van der Waals surface area contributed by atoms with Gasteiger partial charge in [0.25, 0.3) is 0 Å². The molecule has 0 radical (unpaired) electrons. The van der Waals surface area contributed by atoms with Crippen LogP contribution < -0.4 is 14.4 Å². The maximum Gasteiger partial charge on any atom is 0.228 e. The molecule has 2 aromatic carbocycles. The molecule has 3 aromatic rings. The highest BCUT2D eigenvalue weighted by Crippen LogP contribution is 2.21. The van der Waals surface area contributed by atoms with E-state index in [1.807, 2.05) is 12.1 Å². The Hall–Kier alpha value is -3.19. The molecule has 7 heteroatoms. The van der Waals surface area contributed by atoms with Gasteiger partial charge in [-0.25, -0.2) is 9.37 Å². The minimum absolute atomic E-state index is 0.296. The van der Waals surface area contributed by atoms with Crippen molar-refractivity contribution in [1.82, 2.24) is 14.9 Å². The number of ether oxygens (including phenoxy) is 2. The Bertz CT molecular complexity index is 942. The quantitative estimate of drug-likeness (QED) is 0.593. The molecule has 0 bridgehead atoms.